The summed E-state index contributed by atoms with van der Waals surface area (Å²) in [5.74, 6) is 1.28. The second-order valence-corrected chi connectivity index (χ2v) is 7.00. The van der Waals surface area contributed by atoms with Crippen molar-refractivity contribution in [3.63, 3.8) is 0 Å². The third-order valence-corrected chi connectivity index (χ3v) is 5.45. The molecule has 2 saturated heterocycles. The summed E-state index contributed by atoms with van der Waals surface area (Å²) < 4.78 is 16.9. The Morgan fingerprint density at radius 1 is 1.20 bits per heavy atom. The molecule has 3 heterocycles. The normalized spacial score (nSPS) is 27.5. The van der Waals surface area contributed by atoms with E-state index < -0.39 is 6.10 Å². The molecule has 2 fully saturated rings. The third-order valence-electron chi connectivity index (χ3n) is 5.45. The first-order valence-corrected chi connectivity index (χ1v) is 9.23. The third kappa shape index (κ3) is 3.81. The van der Waals surface area contributed by atoms with Gasteiger partial charge in [-0.25, -0.2) is 0 Å². The Bertz CT molecular complexity index is 572. The first-order chi connectivity index (χ1) is 12.3. The smallest absolute Gasteiger partial charge is 0.261 e. The number of rotatable bonds is 5. The van der Waals surface area contributed by atoms with Gasteiger partial charge in [0, 0.05) is 44.6 Å². The van der Waals surface area contributed by atoms with Crippen molar-refractivity contribution in [1.82, 2.24) is 10.2 Å². The highest BCUT2D eigenvalue weighted by molar-refractivity contribution is 5.82. The first kappa shape index (κ1) is 16.8. The fraction of sp³-hybridized carbons (Fsp3) is 0.632. The topological polar surface area (TPSA) is 60.0 Å². The lowest BCUT2D eigenvalue weighted by Crippen LogP contribution is -2.53. The van der Waals surface area contributed by atoms with Crippen molar-refractivity contribution < 1.29 is 19.0 Å². The van der Waals surface area contributed by atoms with Gasteiger partial charge in [0.2, 0.25) is 0 Å². The van der Waals surface area contributed by atoms with Crippen LogP contribution in [0, 0.1) is 5.92 Å². The van der Waals surface area contributed by atoms with Gasteiger partial charge in [0.15, 0.2) is 6.10 Å². The summed E-state index contributed by atoms with van der Waals surface area (Å²) in [6.07, 6.45) is 1.29. The molecule has 1 aromatic carbocycles. The Morgan fingerprint density at radius 2 is 2.04 bits per heavy atom. The molecule has 6 nitrogen and oxygen atoms in total. The van der Waals surface area contributed by atoms with Crippen LogP contribution in [0.4, 0.5) is 0 Å². The molecule has 1 N–H and O–H groups in total. The molecule has 3 aliphatic rings. The minimum Gasteiger partial charge on any atom is -0.480 e. The van der Waals surface area contributed by atoms with Gasteiger partial charge in [-0.2, -0.15) is 0 Å². The average molecular weight is 346 g/mol. The zero-order chi connectivity index (χ0) is 17.1. The molecular formula is C19H26N2O4. The number of hydrogen-bond acceptors (Lipinski definition) is 5. The van der Waals surface area contributed by atoms with Gasteiger partial charge < -0.3 is 19.5 Å². The van der Waals surface area contributed by atoms with Crippen molar-refractivity contribution >= 4 is 5.91 Å². The SMILES string of the molecule is O=C(NC[C@H]([C@H]1CCOC1)N1CCOCC1)[C@@H]1Cc2ccccc2O1. The van der Waals surface area contributed by atoms with Gasteiger partial charge >= 0.3 is 0 Å². The quantitative estimate of drug-likeness (QED) is 0.856. The number of para-hydroxylation sites is 1. The largest absolute Gasteiger partial charge is 0.480 e. The summed E-state index contributed by atoms with van der Waals surface area (Å²) in [6.45, 7) is 5.61. The number of morpholine rings is 1. The molecule has 4 rings (SSSR count). The first-order valence-electron chi connectivity index (χ1n) is 9.23. The molecule has 1 aromatic rings. The highest BCUT2D eigenvalue weighted by Gasteiger charge is 2.34. The molecule has 3 atom stereocenters. The maximum absolute atomic E-state index is 12.6. The summed E-state index contributed by atoms with van der Waals surface area (Å²) >= 11 is 0. The summed E-state index contributed by atoms with van der Waals surface area (Å²) in [6, 6.07) is 8.17. The van der Waals surface area contributed by atoms with E-state index in [0.717, 1.165) is 57.3 Å². The Hall–Kier alpha value is -1.63. The zero-order valence-corrected chi connectivity index (χ0v) is 14.5. The number of hydrogen-bond donors (Lipinski definition) is 1. The van der Waals surface area contributed by atoms with Gasteiger partial charge in [-0.3, -0.25) is 9.69 Å². The van der Waals surface area contributed by atoms with Crippen molar-refractivity contribution in [3.05, 3.63) is 29.8 Å². The number of benzene rings is 1. The molecule has 0 radical (unpaired) electrons. The van der Waals surface area contributed by atoms with Crippen LogP contribution in [-0.4, -0.2) is 69.0 Å². The molecule has 0 aromatic heterocycles. The van der Waals surface area contributed by atoms with Gasteiger partial charge in [0.1, 0.15) is 5.75 Å². The van der Waals surface area contributed by atoms with Crippen molar-refractivity contribution in [1.29, 1.82) is 0 Å². The van der Waals surface area contributed by atoms with Crippen LogP contribution in [0.1, 0.15) is 12.0 Å². The van der Waals surface area contributed by atoms with Crippen LogP contribution >= 0.6 is 0 Å². The summed E-state index contributed by atoms with van der Waals surface area (Å²) in [5.41, 5.74) is 1.11. The number of ether oxygens (including phenoxy) is 3. The number of nitrogens with one attached hydrogen (secondary N) is 1. The second-order valence-electron chi connectivity index (χ2n) is 7.00. The molecule has 0 aliphatic carbocycles. The van der Waals surface area contributed by atoms with E-state index in [1.165, 1.54) is 0 Å². The van der Waals surface area contributed by atoms with Gasteiger partial charge in [0.05, 0.1) is 19.8 Å². The number of amides is 1. The van der Waals surface area contributed by atoms with Crippen LogP contribution in [-0.2, 0) is 20.7 Å². The van der Waals surface area contributed by atoms with Crippen LogP contribution in [0.2, 0.25) is 0 Å². The Kier molecular flexibility index (Phi) is 5.20. The maximum Gasteiger partial charge on any atom is 0.261 e. The highest BCUT2D eigenvalue weighted by atomic mass is 16.5. The van der Waals surface area contributed by atoms with Crippen LogP contribution in [0.15, 0.2) is 24.3 Å². The van der Waals surface area contributed by atoms with Crippen molar-refractivity contribution in [3.8, 4) is 5.75 Å². The number of nitrogens with zero attached hydrogens (tertiary/aromatic N) is 1. The van der Waals surface area contributed by atoms with Crippen LogP contribution in [0.5, 0.6) is 5.75 Å². The van der Waals surface area contributed by atoms with E-state index in [4.69, 9.17) is 14.2 Å². The van der Waals surface area contributed by atoms with Crippen molar-refractivity contribution in [2.24, 2.45) is 5.92 Å². The zero-order valence-electron chi connectivity index (χ0n) is 14.5. The maximum atomic E-state index is 12.6. The monoisotopic (exact) mass is 346 g/mol. The molecule has 0 spiro atoms. The molecular weight excluding hydrogens is 320 g/mol. The molecule has 0 bridgehead atoms. The van der Waals surface area contributed by atoms with E-state index in [9.17, 15) is 4.79 Å². The highest BCUT2D eigenvalue weighted by Crippen LogP contribution is 2.28. The second kappa shape index (κ2) is 7.72. The molecule has 1 amide bonds. The number of carbonyl (C=O) groups excluding carboxylic acids is 1. The van der Waals surface area contributed by atoms with Crippen molar-refractivity contribution in [2.75, 3.05) is 46.1 Å². The predicted molar refractivity (Wildman–Crippen MR) is 92.7 cm³/mol. The van der Waals surface area contributed by atoms with Gasteiger partial charge in [0.25, 0.3) is 5.91 Å². The molecule has 25 heavy (non-hydrogen) atoms. The van der Waals surface area contributed by atoms with Gasteiger partial charge in [-0.05, 0) is 18.1 Å². The van der Waals surface area contributed by atoms with E-state index in [2.05, 4.69) is 10.2 Å². The van der Waals surface area contributed by atoms with E-state index in [-0.39, 0.29) is 5.91 Å². The summed E-state index contributed by atoms with van der Waals surface area (Å²) in [7, 11) is 0. The molecule has 0 unspecified atom stereocenters. The molecule has 6 heteroatoms. The Balaban J connectivity index is 1.35. The molecule has 136 valence electrons. The fourth-order valence-corrected chi connectivity index (χ4v) is 4.01. The fourth-order valence-electron chi connectivity index (χ4n) is 4.01. The minimum absolute atomic E-state index is 0.0200. The lowest BCUT2D eigenvalue weighted by atomic mass is 9.96. The van der Waals surface area contributed by atoms with E-state index in [1.807, 2.05) is 24.3 Å². The molecule has 0 saturated carbocycles. The van der Waals surface area contributed by atoms with E-state index >= 15 is 0 Å². The van der Waals surface area contributed by atoms with Crippen LogP contribution < -0.4 is 10.1 Å². The summed E-state index contributed by atoms with van der Waals surface area (Å²) in [5, 5.41) is 3.13. The lowest BCUT2D eigenvalue weighted by Gasteiger charge is -2.37. The summed E-state index contributed by atoms with van der Waals surface area (Å²) in [4.78, 5) is 15.0. The lowest BCUT2D eigenvalue weighted by molar-refractivity contribution is -0.127. The molecule has 3 aliphatic heterocycles. The van der Waals surface area contributed by atoms with Gasteiger partial charge in [-0.1, -0.05) is 18.2 Å². The predicted octanol–water partition coefficient (Wildman–Crippen LogP) is 0.844. The van der Waals surface area contributed by atoms with Gasteiger partial charge in [-0.15, -0.1) is 0 Å². The van der Waals surface area contributed by atoms with Crippen molar-refractivity contribution in [2.45, 2.75) is 25.0 Å². The van der Waals surface area contributed by atoms with Crippen LogP contribution in [0.3, 0.4) is 0 Å². The van der Waals surface area contributed by atoms with E-state index in [0.29, 0.717) is 24.9 Å². The Morgan fingerprint density at radius 3 is 2.80 bits per heavy atom. The average Bonchev–Trinajstić information content (AvgIpc) is 3.32. The standard InChI is InChI=1S/C19H26N2O4/c22-19(18-11-14-3-1-2-4-17(14)25-18)20-12-16(15-5-8-24-13-15)21-6-9-23-10-7-21/h1-4,15-16,18H,5-13H2,(H,20,22)/t15-,16+,18-/m0/s1. The number of fused-ring (bicyclic) bond motifs is 1. The van der Waals surface area contributed by atoms with E-state index in [1.54, 1.807) is 0 Å². The Labute approximate surface area is 148 Å². The minimum atomic E-state index is -0.414. The number of carbonyl (C=O) groups is 1. The van der Waals surface area contributed by atoms with Crippen LogP contribution in [0.25, 0.3) is 0 Å².